The third-order valence-electron chi connectivity index (χ3n) is 3.53. The van der Waals surface area contributed by atoms with Crippen LogP contribution in [0.3, 0.4) is 0 Å². The van der Waals surface area contributed by atoms with E-state index < -0.39 is 17.6 Å². The lowest BCUT2D eigenvalue weighted by Crippen LogP contribution is -2.05. The standard InChI is InChI=1S/C16H11BrF2N2O2/c1-8-13(14-10(18)4-3-5-11(14)19)12-7-6-9(16(22)23-2)15(17)21(12)20-8/h3-7H,1-2H3. The molecule has 0 bridgehead atoms. The topological polar surface area (TPSA) is 43.6 Å². The van der Waals surface area contributed by atoms with Crippen molar-refractivity contribution in [1.29, 1.82) is 0 Å². The molecule has 23 heavy (non-hydrogen) atoms. The number of methoxy groups -OCH3 is 1. The minimum atomic E-state index is -0.670. The zero-order valence-corrected chi connectivity index (χ0v) is 13.8. The molecule has 0 aliphatic rings. The fraction of sp³-hybridized carbons (Fsp3) is 0.125. The van der Waals surface area contributed by atoms with Crippen molar-refractivity contribution in [2.24, 2.45) is 0 Å². The van der Waals surface area contributed by atoms with E-state index in [0.717, 1.165) is 0 Å². The van der Waals surface area contributed by atoms with E-state index in [-0.39, 0.29) is 11.1 Å². The first kappa shape index (κ1) is 15.6. The Morgan fingerprint density at radius 1 is 1.17 bits per heavy atom. The van der Waals surface area contributed by atoms with E-state index >= 15 is 0 Å². The first-order chi connectivity index (χ1) is 11.0. The smallest absolute Gasteiger partial charge is 0.340 e. The van der Waals surface area contributed by atoms with Crippen molar-refractivity contribution in [1.82, 2.24) is 9.61 Å². The van der Waals surface area contributed by atoms with Gasteiger partial charge in [0.05, 0.1) is 29.4 Å². The third kappa shape index (κ3) is 2.41. The molecule has 0 saturated heterocycles. The zero-order chi connectivity index (χ0) is 16.7. The molecule has 3 aromatic rings. The Labute approximate surface area is 138 Å². The van der Waals surface area contributed by atoms with Gasteiger partial charge >= 0.3 is 5.97 Å². The van der Waals surface area contributed by atoms with Gasteiger partial charge in [0.1, 0.15) is 16.2 Å². The van der Waals surface area contributed by atoms with Crippen LogP contribution in [-0.4, -0.2) is 22.7 Å². The van der Waals surface area contributed by atoms with Gasteiger partial charge in [0.15, 0.2) is 0 Å². The number of aromatic nitrogens is 2. The van der Waals surface area contributed by atoms with Crippen molar-refractivity contribution in [2.75, 3.05) is 7.11 Å². The Morgan fingerprint density at radius 3 is 2.43 bits per heavy atom. The summed E-state index contributed by atoms with van der Waals surface area (Å²) in [6, 6.07) is 6.80. The second kappa shape index (κ2) is 5.73. The van der Waals surface area contributed by atoms with Gasteiger partial charge in [-0.15, -0.1) is 0 Å². The van der Waals surface area contributed by atoms with Crippen LogP contribution in [0.25, 0.3) is 16.6 Å². The Balaban J connectivity index is 2.35. The van der Waals surface area contributed by atoms with E-state index in [2.05, 4.69) is 21.0 Å². The van der Waals surface area contributed by atoms with E-state index in [0.29, 0.717) is 21.4 Å². The number of fused-ring (bicyclic) bond motifs is 1. The van der Waals surface area contributed by atoms with Crippen molar-refractivity contribution in [2.45, 2.75) is 6.92 Å². The van der Waals surface area contributed by atoms with Gasteiger partial charge in [-0.3, -0.25) is 0 Å². The van der Waals surface area contributed by atoms with Crippen LogP contribution in [0.2, 0.25) is 0 Å². The summed E-state index contributed by atoms with van der Waals surface area (Å²) >= 11 is 3.29. The van der Waals surface area contributed by atoms with Crippen LogP contribution in [0.4, 0.5) is 8.78 Å². The average Bonchev–Trinajstić information content (AvgIpc) is 2.85. The summed E-state index contributed by atoms with van der Waals surface area (Å²) in [5, 5.41) is 4.28. The molecule has 7 heteroatoms. The molecule has 0 aliphatic heterocycles. The Hall–Kier alpha value is -2.28. The summed E-state index contributed by atoms with van der Waals surface area (Å²) in [6.07, 6.45) is 0. The van der Waals surface area contributed by atoms with Gasteiger partial charge in [0.25, 0.3) is 0 Å². The number of hydrogen-bond acceptors (Lipinski definition) is 3. The van der Waals surface area contributed by atoms with Crippen molar-refractivity contribution in [3.05, 3.63) is 57.8 Å². The Morgan fingerprint density at radius 2 is 1.83 bits per heavy atom. The third-order valence-corrected chi connectivity index (χ3v) is 4.29. The number of esters is 1. The summed E-state index contributed by atoms with van der Waals surface area (Å²) < 4.78 is 34.7. The maximum absolute atomic E-state index is 14.1. The van der Waals surface area contributed by atoms with Crippen LogP contribution < -0.4 is 0 Å². The molecule has 1 aromatic carbocycles. The fourth-order valence-corrected chi connectivity index (χ4v) is 3.07. The molecule has 2 aromatic heterocycles. The fourth-order valence-electron chi connectivity index (χ4n) is 2.50. The molecule has 0 aliphatic carbocycles. The summed E-state index contributed by atoms with van der Waals surface area (Å²) in [6.45, 7) is 1.65. The molecule has 3 rings (SSSR count). The van der Waals surface area contributed by atoms with Crippen LogP contribution in [0.1, 0.15) is 16.1 Å². The number of hydrogen-bond donors (Lipinski definition) is 0. The molecule has 0 fully saturated rings. The molecule has 4 nitrogen and oxygen atoms in total. The quantitative estimate of drug-likeness (QED) is 0.495. The van der Waals surface area contributed by atoms with Crippen LogP contribution in [0, 0.1) is 18.6 Å². The van der Waals surface area contributed by atoms with E-state index in [1.165, 1.54) is 35.9 Å². The maximum atomic E-state index is 14.1. The molecular formula is C16H11BrF2N2O2. The number of pyridine rings is 1. The van der Waals surface area contributed by atoms with Crippen LogP contribution in [0.15, 0.2) is 34.9 Å². The molecule has 0 radical (unpaired) electrons. The number of ether oxygens (including phenoxy) is 1. The number of nitrogens with zero attached hydrogens (tertiary/aromatic N) is 2. The number of benzene rings is 1. The van der Waals surface area contributed by atoms with Gasteiger partial charge in [-0.2, -0.15) is 5.10 Å². The highest BCUT2D eigenvalue weighted by molar-refractivity contribution is 9.10. The van der Waals surface area contributed by atoms with E-state index in [1.807, 2.05) is 0 Å². The maximum Gasteiger partial charge on any atom is 0.340 e. The van der Waals surface area contributed by atoms with Gasteiger partial charge in [-0.05, 0) is 47.1 Å². The van der Waals surface area contributed by atoms with Crippen molar-refractivity contribution in [3.63, 3.8) is 0 Å². The Kier molecular flexibility index (Phi) is 3.89. The summed E-state index contributed by atoms with van der Waals surface area (Å²) in [5.41, 5.74) is 1.39. The van der Waals surface area contributed by atoms with E-state index in [9.17, 15) is 13.6 Å². The molecule has 2 heterocycles. The van der Waals surface area contributed by atoms with Gasteiger partial charge in [-0.1, -0.05) is 6.07 Å². The molecule has 0 unspecified atom stereocenters. The van der Waals surface area contributed by atoms with Gasteiger partial charge < -0.3 is 4.74 Å². The molecule has 0 saturated carbocycles. The lowest BCUT2D eigenvalue weighted by atomic mass is 10.0. The minimum absolute atomic E-state index is 0.141. The van der Waals surface area contributed by atoms with Gasteiger partial charge in [-0.25, -0.2) is 18.1 Å². The molecule has 0 spiro atoms. The van der Waals surface area contributed by atoms with E-state index in [4.69, 9.17) is 4.74 Å². The normalized spacial score (nSPS) is 11.0. The van der Waals surface area contributed by atoms with Crippen LogP contribution in [-0.2, 0) is 4.74 Å². The molecule has 118 valence electrons. The first-order valence-electron chi connectivity index (χ1n) is 6.66. The highest BCUT2D eigenvalue weighted by Gasteiger charge is 2.22. The number of aryl methyl sites for hydroxylation is 1. The highest BCUT2D eigenvalue weighted by atomic mass is 79.9. The average molecular weight is 381 g/mol. The first-order valence-corrected chi connectivity index (χ1v) is 7.45. The second-order valence-corrected chi connectivity index (χ2v) is 5.63. The molecule has 0 amide bonds. The molecule has 0 N–H and O–H groups in total. The molecular weight excluding hydrogens is 370 g/mol. The van der Waals surface area contributed by atoms with Crippen LogP contribution >= 0.6 is 15.9 Å². The predicted octanol–water partition coefficient (Wildman–Crippen LogP) is 4.14. The summed E-state index contributed by atoms with van der Waals surface area (Å²) in [7, 11) is 1.27. The minimum Gasteiger partial charge on any atom is -0.465 e. The summed E-state index contributed by atoms with van der Waals surface area (Å²) in [4.78, 5) is 11.7. The summed E-state index contributed by atoms with van der Waals surface area (Å²) in [5.74, 6) is -1.88. The number of carbonyl (C=O) groups excluding carboxylic acids is 1. The number of rotatable bonds is 2. The number of halogens is 3. The van der Waals surface area contributed by atoms with E-state index in [1.54, 1.807) is 13.0 Å². The Bertz CT molecular complexity index is 917. The highest BCUT2D eigenvalue weighted by Crippen LogP contribution is 2.34. The van der Waals surface area contributed by atoms with Gasteiger partial charge in [0, 0.05) is 5.56 Å². The van der Waals surface area contributed by atoms with Crippen LogP contribution in [0.5, 0.6) is 0 Å². The lowest BCUT2D eigenvalue weighted by molar-refractivity contribution is 0.0599. The second-order valence-electron chi connectivity index (χ2n) is 4.88. The van der Waals surface area contributed by atoms with Crippen molar-refractivity contribution >= 4 is 27.4 Å². The lowest BCUT2D eigenvalue weighted by Gasteiger charge is -2.07. The van der Waals surface area contributed by atoms with Gasteiger partial charge in [0.2, 0.25) is 0 Å². The number of carbonyl (C=O) groups is 1. The predicted molar refractivity (Wildman–Crippen MR) is 84.3 cm³/mol. The van der Waals surface area contributed by atoms with Crippen molar-refractivity contribution in [3.8, 4) is 11.1 Å². The molecule has 0 atom stereocenters. The largest absolute Gasteiger partial charge is 0.465 e. The zero-order valence-electron chi connectivity index (χ0n) is 12.2. The SMILES string of the molecule is COC(=O)c1ccc2c(-c3c(F)cccc3F)c(C)nn2c1Br. The monoisotopic (exact) mass is 380 g/mol. The van der Waals surface area contributed by atoms with Crippen molar-refractivity contribution < 1.29 is 18.3 Å².